The van der Waals surface area contributed by atoms with E-state index in [4.69, 9.17) is 4.74 Å². The zero-order valence-corrected chi connectivity index (χ0v) is 12.5. The van der Waals surface area contributed by atoms with E-state index in [1.54, 1.807) is 25.1 Å². The molecule has 1 rings (SSSR count). The Balaban J connectivity index is 2.85. The Kier molecular flexibility index (Phi) is 6.47. The first-order valence-corrected chi connectivity index (χ1v) is 7.97. The van der Waals surface area contributed by atoms with Crippen LogP contribution in [0.15, 0.2) is 29.2 Å². The standard InChI is InChI=1S/C13H20N2O4S/c1-3-9-15-20(17,18)12-8-6-5-7-11(12)14-10-13(16)19-4-2/h5-8,14-15H,3-4,9-10H2,1-2H3. The number of nitrogens with one attached hydrogen (secondary N) is 2. The Bertz CT molecular complexity index is 543. The second-order valence-corrected chi connectivity index (χ2v) is 5.79. The topological polar surface area (TPSA) is 84.5 Å². The summed E-state index contributed by atoms with van der Waals surface area (Å²) >= 11 is 0. The molecule has 0 aliphatic rings. The summed E-state index contributed by atoms with van der Waals surface area (Å²) in [6, 6.07) is 6.44. The fourth-order valence-electron chi connectivity index (χ4n) is 1.54. The van der Waals surface area contributed by atoms with E-state index in [1.165, 1.54) is 6.07 Å². The van der Waals surface area contributed by atoms with Crippen LogP contribution in [0.1, 0.15) is 20.3 Å². The van der Waals surface area contributed by atoms with Crippen molar-refractivity contribution in [3.63, 3.8) is 0 Å². The third kappa shape index (κ3) is 4.82. The maximum Gasteiger partial charge on any atom is 0.325 e. The van der Waals surface area contributed by atoms with E-state index in [-0.39, 0.29) is 11.4 Å². The first-order chi connectivity index (χ1) is 9.51. The SMILES string of the molecule is CCCNS(=O)(=O)c1ccccc1NCC(=O)OCC. The molecular weight excluding hydrogens is 280 g/mol. The molecule has 0 heterocycles. The van der Waals surface area contributed by atoms with E-state index in [1.807, 2.05) is 6.92 Å². The fraction of sp³-hybridized carbons (Fsp3) is 0.462. The average molecular weight is 300 g/mol. The summed E-state index contributed by atoms with van der Waals surface area (Å²) in [5, 5.41) is 2.79. The number of rotatable bonds is 8. The van der Waals surface area contributed by atoms with Crippen LogP contribution in [0.25, 0.3) is 0 Å². The van der Waals surface area contributed by atoms with Crippen LogP contribution in [-0.4, -0.2) is 34.1 Å². The number of esters is 1. The second kappa shape index (κ2) is 7.86. The lowest BCUT2D eigenvalue weighted by Gasteiger charge is -2.12. The summed E-state index contributed by atoms with van der Waals surface area (Å²) in [5.74, 6) is -0.429. The zero-order valence-electron chi connectivity index (χ0n) is 11.7. The Labute approximate surface area is 119 Å². The van der Waals surface area contributed by atoms with Crippen LogP contribution in [0.3, 0.4) is 0 Å². The van der Waals surface area contributed by atoms with E-state index in [0.717, 1.165) is 0 Å². The molecule has 112 valence electrons. The van der Waals surface area contributed by atoms with Crippen molar-refractivity contribution in [1.82, 2.24) is 4.72 Å². The van der Waals surface area contributed by atoms with Crippen molar-refractivity contribution in [2.45, 2.75) is 25.2 Å². The molecule has 0 aliphatic carbocycles. The molecule has 0 aliphatic heterocycles. The van der Waals surface area contributed by atoms with Crippen molar-refractivity contribution < 1.29 is 17.9 Å². The van der Waals surface area contributed by atoms with Crippen LogP contribution in [0.5, 0.6) is 0 Å². The van der Waals surface area contributed by atoms with Gasteiger partial charge in [-0.15, -0.1) is 0 Å². The highest BCUT2D eigenvalue weighted by Crippen LogP contribution is 2.20. The highest BCUT2D eigenvalue weighted by molar-refractivity contribution is 7.89. The van der Waals surface area contributed by atoms with Crippen molar-refractivity contribution in [2.75, 3.05) is 25.0 Å². The normalized spacial score (nSPS) is 11.1. The third-order valence-electron chi connectivity index (χ3n) is 2.45. The van der Waals surface area contributed by atoms with Crippen LogP contribution in [0.2, 0.25) is 0 Å². The van der Waals surface area contributed by atoms with Crippen molar-refractivity contribution in [3.05, 3.63) is 24.3 Å². The van der Waals surface area contributed by atoms with Crippen molar-refractivity contribution >= 4 is 21.7 Å². The van der Waals surface area contributed by atoms with Crippen LogP contribution in [-0.2, 0) is 19.6 Å². The van der Waals surface area contributed by atoms with E-state index < -0.39 is 16.0 Å². The van der Waals surface area contributed by atoms with Gasteiger partial charge in [0.15, 0.2) is 0 Å². The number of benzene rings is 1. The van der Waals surface area contributed by atoms with Crippen molar-refractivity contribution in [3.8, 4) is 0 Å². The molecule has 2 N–H and O–H groups in total. The molecule has 6 nitrogen and oxygen atoms in total. The average Bonchev–Trinajstić information content (AvgIpc) is 2.43. The number of para-hydroxylation sites is 1. The second-order valence-electron chi connectivity index (χ2n) is 4.05. The Hall–Kier alpha value is -1.60. The summed E-state index contributed by atoms with van der Waals surface area (Å²) in [6.07, 6.45) is 0.706. The van der Waals surface area contributed by atoms with Gasteiger partial charge in [-0.05, 0) is 25.5 Å². The molecule has 1 aromatic rings. The zero-order chi connectivity index (χ0) is 15.0. The Morgan fingerprint density at radius 2 is 1.95 bits per heavy atom. The number of hydrogen-bond donors (Lipinski definition) is 2. The van der Waals surface area contributed by atoms with Crippen molar-refractivity contribution in [1.29, 1.82) is 0 Å². The molecule has 1 aromatic carbocycles. The summed E-state index contributed by atoms with van der Waals surface area (Å²) in [5.41, 5.74) is 0.379. The van der Waals surface area contributed by atoms with Gasteiger partial charge in [-0.3, -0.25) is 4.79 Å². The minimum Gasteiger partial charge on any atom is -0.465 e. The first kappa shape index (κ1) is 16.5. The summed E-state index contributed by atoms with van der Waals surface area (Å²) in [7, 11) is -3.58. The number of anilines is 1. The van der Waals surface area contributed by atoms with Crippen LogP contribution >= 0.6 is 0 Å². The Morgan fingerprint density at radius 3 is 2.60 bits per heavy atom. The largest absolute Gasteiger partial charge is 0.465 e. The molecule has 0 saturated carbocycles. The van der Waals surface area contributed by atoms with Gasteiger partial charge in [0.05, 0.1) is 12.3 Å². The minimum absolute atomic E-state index is 0.0752. The molecule has 0 bridgehead atoms. The monoisotopic (exact) mass is 300 g/mol. The van der Waals surface area contributed by atoms with E-state index in [2.05, 4.69) is 10.0 Å². The first-order valence-electron chi connectivity index (χ1n) is 6.49. The number of carbonyl (C=O) groups is 1. The summed E-state index contributed by atoms with van der Waals surface area (Å²) < 4.78 is 31.5. The van der Waals surface area contributed by atoms with E-state index in [9.17, 15) is 13.2 Å². The van der Waals surface area contributed by atoms with Gasteiger partial charge in [0.1, 0.15) is 11.4 Å². The molecule has 0 fully saturated rings. The predicted molar refractivity (Wildman–Crippen MR) is 77.0 cm³/mol. The summed E-state index contributed by atoms with van der Waals surface area (Å²) in [4.78, 5) is 11.4. The predicted octanol–water partition coefficient (Wildman–Crippen LogP) is 1.35. The number of hydrogen-bond acceptors (Lipinski definition) is 5. The van der Waals surface area contributed by atoms with Gasteiger partial charge >= 0.3 is 5.97 Å². The number of sulfonamides is 1. The highest BCUT2D eigenvalue weighted by atomic mass is 32.2. The lowest BCUT2D eigenvalue weighted by Crippen LogP contribution is -2.26. The van der Waals surface area contributed by atoms with Gasteiger partial charge < -0.3 is 10.1 Å². The molecule has 0 spiro atoms. The quantitative estimate of drug-likeness (QED) is 0.708. The lowest BCUT2D eigenvalue weighted by atomic mass is 10.3. The molecule has 0 amide bonds. The molecule has 20 heavy (non-hydrogen) atoms. The van der Waals surface area contributed by atoms with Crippen LogP contribution in [0, 0.1) is 0 Å². The summed E-state index contributed by atoms with van der Waals surface area (Å²) in [6.45, 7) is 4.18. The van der Waals surface area contributed by atoms with Gasteiger partial charge in [-0.25, -0.2) is 13.1 Å². The van der Waals surface area contributed by atoms with Crippen molar-refractivity contribution in [2.24, 2.45) is 0 Å². The van der Waals surface area contributed by atoms with Crippen LogP contribution < -0.4 is 10.0 Å². The number of ether oxygens (including phenoxy) is 1. The van der Waals surface area contributed by atoms with Gasteiger partial charge in [-0.2, -0.15) is 0 Å². The maximum atomic E-state index is 12.1. The molecule has 0 atom stereocenters. The molecule has 7 heteroatoms. The van der Waals surface area contributed by atoms with Gasteiger partial charge in [-0.1, -0.05) is 19.1 Å². The molecule has 0 aromatic heterocycles. The van der Waals surface area contributed by atoms with Gasteiger partial charge in [0.25, 0.3) is 0 Å². The third-order valence-corrected chi connectivity index (χ3v) is 3.97. The maximum absolute atomic E-state index is 12.1. The van der Waals surface area contributed by atoms with Crippen LogP contribution in [0.4, 0.5) is 5.69 Å². The van der Waals surface area contributed by atoms with E-state index in [0.29, 0.717) is 25.3 Å². The Morgan fingerprint density at radius 1 is 1.25 bits per heavy atom. The molecule has 0 saturated heterocycles. The fourth-order valence-corrected chi connectivity index (χ4v) is 2.86. The number of carbonyl (C=O) groups excluding carboxylic acids is 1. The molecular formula is C13H20N2O4S. The molecule has 0 unspecified atom stereocenters. The molecule has 0 radical (unpaired) electrons. The highest BCUT2D eigenvalue weighted by Gasteiger charge is 2.17. The van der Waals surface area contributed by atoms with Gasteiger partial charge in [0, 0.05) is 6.54 Å². The minimum atomic E-state index is -3.58. The van der Waals surface area contributed by atoms with E-state index >= 15 is 0 Å². The lowest BCUT2D eigenvalue weighted by molar-refractivity contribution is -0.140. The van der Waals surface area contributed by atoms with Gasteiger partial charge in [0.2, 0.25) is 10.0 Å². The smallest absolute Gasteiger partial charge is 0.325 e.